The molecule has 0 aliphatic heterocycles. The van der Waals surface area contributed by atoms with Gasteiger partial charge in [0.2, 0.25) is 0 Å². The van der Waals surface area contributed by atoms with Crippen molar-refractivity contribution in [1.29, 1.82) is 0 Å². The fourth-order valence-electron chi connectivity index (χ4n) is 1.72. The molecule has 1 heterocycles. The summed E-state index contributed by atoms with van der Waals surface area (Å²) in [5.74, 6) is -0.372. The van der Waals surface area contributed by atoms with E-state index < -0.39 is 6.10 Å². The average Bonchev–Trinajstić information content (AvgIpc) is 2.94. The molecule has 0 spiro atoms. The Morgan fingerprint density at radius 2 is 2.15 bits per heavy atom. The van der Waals surface area contributed by atoms with Crippen LogP contribution in [-0.2, 0) is 6.54 Å². The van der Waals surface area contributed by atoms with Gasteiger partial charge in [-0.2, -0.15) is 0 Å². The molecule has 2 aromatic rings. The van der Waals surface area contributed by atoms with E-state index in [0.29, 0.717) is 13.1 Å². The van der Waals surface area contributed by atoms with E-state index in [4.69, 9.17) is 5.73 Å². The molecule has 0 aliphatic carbocycles. The highest BCUT2D eigenvalue weighted by atomic mass is 16.3. The number of amides is 1. The maximum Gasteiger partial charge on any atom is 0.273 e. The van der Waals surface area contributed by atoms with Crippen molar-refractivity contribution < 1.29 is 9.90 Å². The Hall–Kier alpha value is -2.25. The lowest BCUT2D eigenvalue weighted by Crippen LogP contribution is -2.28. The van der Waals surface area contributed by atoms with Crippen molar-refractivity contribution in [3.05, 3.63) is 47.8 Å². The number of nitrogens with zero attached hydrogens (tertiary/aromatic N) is 3. The number of aromatic nitrogens is 3. The Kier molecular flexibility index (Phi) is 4.80. The summed E-state index contributed by atoms with van der Waals surface area (Å²) in [5, 5.41) is 20.1. The molecule has 1 atom stereocenters. The van der Waals surface area contributed by atoms with Crippen LogP contribution in [0.25, 0.3) is 0 Å². The number of carbonyl (C=O) groups excluding carboxylic acids is 1. The summed E-state index contributed by atoms with van der Waals surface area (Å²) in [6, 6.07) is 9.13. The summed E-state index contributed by atoms with van der Waals surface area (Å²) in [6.45, 7) is 1.05. The fraction of sp³-hybridized carbons (Fsp3) is 0.308. The molecule has 2 rings (SSSR count). The molecule has 1 aromatic heterocycles. The van der Waals surface area contributed by atoms with Crippen LogP contribution >= 0.6 is 0 Å². The summed E-state index contributed by atoms with van der Waals surface area (Å²) in [4.78, 5) is 11.8. The van der Waals surface area contributed by atoms with Crippen LogP contribution in [0.5, 0.6) is 0 Å². The van der Waals surface area contributed by atoms with Gasteiger partial charge in [0, 0.05) is 13.1 Å². The first kappa shape index (κ1) is 14.2. The Morgan fingerprint density at radius 1 is 1.40 bits per heavy atom. The van der Waals surface area contributed by atoms with Crippen LogP contribution < -0.4 is 11.1 Å². The molecular weight excluding hydrogens is 258 g/mol. The van der Waals surface area contributed by atoms with E-state index in [-0.39, 0.29) is 18.1 Å². The number of hydrogen-bond donors (Lipinski definition) is 3. The Bertz CT molecular complexity index is 555. The second kappa shape index (κ2) is 6.78. The average molecular weight is 275 g/mol. The number of aliphatic hydroxyl groups is 1. The zero-order chi connectivity index (χ0) is 14.4. The van der Waals surface area contributed by atoms with Gasteiger partial charge < -0.3 is 16.2 Å². The maximum absolute atomic E-state index is 11.8. The monoisotopic (exact) mass is 275 g/mol. The van der Waals surface area contributed by atoms with Crippen LogP contribution in [0.2, 0.25) is 0 Å². The third kappa shape index (κ3) is 3.62. The number of carbonyl (C=O) groups is 1. The smallest absolute Gasteiger partial charge is 0.273 e. The lowest BCUT2D eigenvalue weighted by Gasteiger charge is -2.11. The standard InChI is InChI=1S/C13H17N5O2/c14-6-7-18-9-11(16-17-18)13(20)15-8-12(19)10-4-2-1-3-5-10/h1-5,9,12,19H,6-8,14H2,(H,15,20). The van der Waals surface area contributed by atoms with E-state index in [9.17, 15) is 9.90 Å². The number of hydrogen-bond acceptors (Lipinski definition) is 5. The van der Waals surface area contributed by atoms with E-state index >= 15 is 0 Å². The van der Waals surface area contributed by atoms with Gasteiger partial charge in [-0.25, -0.2) is 0 Å². The Balaban J connectivity index is 1.88. The van der Waals surface area contributed by atoms with Gasteiger partial charge in [0.1, 0.15) is 0 Å². The number of rotatable bonds is 6. The highest BCUT2D eigenvalue weighted by Gasteiger charge is 2.13. The van der Waals surface area contributed by atoms with Crippen LogP contribution in [-0.4, -0.2) is 39.1 Å². The molecule has 4 N–H and O–H groups in total. The molecule has 0 aliphatic rings. The largest absolute Gasteiger partial charge is 0.387 e. The van der Waals surface area contributed by atoms with Gasteiger partial charge in [-0.3, -0.25) is 9.48 Å². The van der Waals surface area contributed by atoms with Gasteiger partial charge in [0.05, 0.1) is 18.8 Å². The normalized spacial score (nSPS) is 12.1. The quantitative estimate of drug-likeness (QED) is 0.671. The Morgan fingerprint density at radius 3 is 2.85 bits per heavy atom. The third-order valence-corrected chi connectivity index (χ3v) is 2.77. The van der Waals surface area contributed by atoms with E-state index in [1.54, 1.807) is 12.1 Å². The van der Waals surface area contributed by atoms with Crippen molar-refractivity contribution in [2.45, 2.75) is 12.6 Å². The summed E-state index contributed by atoms with van der Waals surface area (Å²) < 4.78 is 1.50. The minimum Gasteiger partial charge on any atom is -0.387 e. The molecule has 20 heavy (non-hydrogen) atoms. The van der Waals surface area contributed by atoms with Crippen LogP contribution in [0, 0.1) is 0 Å². The molecule has 1 aromatic carbocycles. The van der Waals surface area contributed by atoms with Crippen LogP contribution in [0.4, 0.5) is 0 Å². The van der Waals surface area contributed by atoms with Crippen LogP contribution in [0.3, 0.4) is 0 Å². The zero-order valence-electron chi connectivity index (χ0n) is 10.9. The topological polar surface area (TPSA) is 106 Å². The van der Waals surface area contributed by atoms with E-state index in [1.807, 2.05) is 18.2 Å². The lowest BCUT2D eigenvalue weighted by atomic mass is 10.1. The molecule has 0 bridgehead atoms. The van der Waals surface area contributed by atoms with Crippen molar-refractivity contribution in [3.8, 4) is 0 Å². The molecule has 0 saturated carbocycles. The second-order valence-electron chi connectivity index (χ2n) is 4.29. The van der Waals surface area contributed by atoms with E-state index in [2.05, 4.69) is 15.6 Å². The highest BCUT2D eigenvalue weighted by molar-refractivity contribution is 5.91. The molecule has 1 unspecified atom stereocenters. The minimum absolute atomic E-state index is 0.118. The predicted octanol–water partition coefficient (Wildman–Crippen LogP) is -0.300. The third-order valence-electron chi connectivity index (χ3n) is 2.77. The van der Waals surface area contributed by atoms with Crippen LogP contribution in [0.1, 0.15) is 22.2 Å². The molecular formula is C13H17N5O2. The van der Waals surface area contributed by atoms with Crippen molar-refractivity contribution in [3.63, 3.8) is 0 Å². The number of benzene rings is 1. The van der Waals surface area contributed by atoms with Gasteiger partial charge in [0.15, 0.2) is 5.69 Å². The zero-order valence-corrected chi connectivity index (χ0v) is 10.9. The maximum atomic E-state index is 11.8. The predicted molar refractivity (Wildman–Crippen MR) is 72.8 cm³/mol. The fourth-order valence-corrected chi connectivity index (χ4v) is 1.72. The van der Waals surface area contributed by atoms with Crippen molar-refractivity contribution >= 4 is 5.91 Å². The first-order valence-corrected chi connectivity index (χ1v) is 6.32. The minimum atomic E-state index is -0.751. The number of aliphatic hydroxyl groups excluding tert-OH is 1. The molecule has 1 amide bonds. The summed E-state index contributed by atoms with van der Waals surface area (Å²) in [7, 11) is 0. The summed E-state index contributed by atoms with van der Waals surface area (Å²) >= 11 is 0. The van der Waals surface area contributed by atoms with Gasteiger partial charge in [-0.15, -0.1) is 5.10 Å². The van der Waals surface area contributed by atoms with E-state index in [1.165, 1.54) is 10.9 Å². The number of nitrogens with two attached hydrogens (primary N) is 1. The van der Waals surface area contributed by atoms with Crippen molar-refractivity contribution in [2.24, 2.45) is 5.73 Å². The SMILES string of the molecule is NCCn1cc(C(=O)NCC(O)c2ccccc2)nn1. The molecule has 0 saturated heterocycles. The highest BCUT2D eigenvalue weighted by Crippen LogP contribution is 2.10. The van der Waals surface area contributed by atoms with Gasteiger partial charge in [0.25, 0.3) is 5.91 Å². The Labute approximate surface area is 116 Å². The van der Waals surface area contributed by atoms with Gasteiger partial charge >= 0.3 is 0 Å². The van der Waals surface area contributed by atoms with Gasteiger partial charge in [-0.05, 0) is 5.56 Å². The van der Waals surface area contributed by atoms with Gasteiger partial charge in [-0.1, -0.05) is 35.5 Å². The first-order valence-electron chi connectivity index (χ1n) is 6.32. The van der Waals surface area contributed by atoms with E-state index in [0.717, 1.165) is 5.56 Å². The van der Waals surface area contributed by atoms with Crippen molar-refractivity contribution in [1.82, 2.24) is 20.3 Å². The van der Waals surface area contributed by atoms with Crippen molar-refractivity contribution in [2.75, 3.05) is 13.1 Å². The summed E-state index contributed by atoms with van der Waals surface area (Å²) in [6.07, 6.45) is 0.774. The second-order valence-corrected chi connectivity index (χ2v) is 4.29. The molecule has 0 fully saturated rings. The first-order chi connectivity index (χ1) is 9.70. The molecule has 0 radical (unpaired) electrons. The molecule has 7 heteroatoms. The van der Waals surface area contributed by atoms with Crippen LogP contribution in [0.15, 0.2) is 36.5 Å². The lowest BCUT2D eigenvalue weighted by molar-refractivity contribution is 0.0911. The summed E-state index contributed by atoms with van der Waals surface area (Å²) in [5.41, 5.74) is 6.34. The molecule has 7 nitrogen and oxygen atoms in total. The number of nitrogens with one attached hydrogen (secondary N) is 1. The molecule has 106 valence electrons.